The molecule has 0 atom stereocenters. The van der Waals surface area contributed by atoms with Gasteiger partial charge in [0.15, 0.2) is 5.69 Å². The van der Waals surface area contributed by atoms with Crippen LogP contribution in [0.25, 0.3) is 16.9 Å². The summed E-state index contributed by atoms with van der Waals surface area (Å²) < 4.78 is 24.4. The lowest BCUT2D eigenvalue weighted by Gasteiger charge is -2.12. The molecule has 1 aromatic heterocycles. The smallest absolute Gasteiger partial charge is 0.359 e. The fourth-order valence-corrected chi connectivity index (χ4v) is 3.53. The summed E-state index contributed by atoms with van der Waals surface area (Å²) in [6, 6.07) is 11.9. The van der Waals surface area contributed by atoms with Gasteiger partial charge in [0.05, 0.1) is 42.9 Å². The summed E-state index contributed by atoms with van der Waals surface area (Å²) in [6.07, 6.45) is 0.307. The van der Waals surface area contributed by atoms with Crippen molar-refractivity contribution >= 4 is 29.2 Å². The highest BCUT2D eigenvalue weighted by Crippen LogP contribution is 2.34. The van der Waals surface area contributed by atoms with E-state index in [1.54, 1.807) is 49.4 Å². The van der Waals surface area contributed by atoms with Gasteiger partial charge in [-0.3, -0.25) is 4.39 Å². The Morgan fingerprint density at radius 2 is 1.94 bits per heavy atom. The third-order valence-corrected chi connectivity index (χ3v) is 4.96. The van der Waals surface area contributed by atoms with Crippen LogP contribution in [0.3, 0.4) is 0 Å². The molecule has 0 amide bonds. The molecule has 0 saturated carbocycles. The summed E-state index contributed by atoms with van der Waals surface area (Å²) in [4.78, 5) is 12.5. The Morgan fingerprint density at radius 3 is 2.55 bits per heavy atom. The van der Waals surface area contributed by atoms with E-state index >= 15 is 0 Å². The van der Waals surface area contributed by atoms with Crippen LogP contribution >= 0.6 is 23.2 Å². The SMILES string of the molecule is CCOC(=O)c1nn(-c2ccc(Cl)cc2Cl)c(-c2ccc(OCCCF)cc2)c1CO. The highest BCUT2D eigenvalue weighted by Gasteiger charge is 2.26. The Balaban J connectivity index is 2.13. The minimum atomic E-state index is -0.650. The average Bonchev–Trinajstić information content (AvgIpc) is 3.14. The van der Waals surface area contributed by atoms with E-state index in [1.807, 2.05) is 0 Å². The average molecular weight is 467 g/mol. The molecule has 3 rings (SSSR count). The van der Waals surface area contributed by atoms with Gasteiger partial charge in [0, 0.05) is 22.6 Å². The predicted octanol–water partition coefficient (Wildman–Crippen LogP) is 5.25. The van der Waals surface area contributed by atoms with E-state index in [-0.39, 0.29) is 18.9 Å². The van der Waals surface area contributed by atoms with Crippen molar-refractivity contribution in [3.05, 3.63) is 63.8 Å². The number of rotatable bonds is 9. The Morgan fingerprint density at radius 1 is 1.19 bits per heavy atom. The lowest BCUT2D eigenvalue weighted by Crippen LogP contribution is -2.08. The molecule has 0 radical (unpaired) electrons. The van der Waals surface area contributed by atoms with Crippen LogP contribution in [0.1, 0.15) is 29.4 Å². The zero-order valence-electron chi connectivity index (χ0n) is 16.8. The van der Waals surface area contributed by atoms with Crippen molar-refractivity contribution in [3.63, 3.8) is 0 Å². The van der Waals surface area contributed by atoms with Crippen molar-refractivity contribution in [2.75, 3.05) is 19.9 Å². The van der Waals surface area contributed by atoms with Crippen molar-refractivity contribution in [2.45, 2.75) is 20.0 Å². The second-order valence-corrected chi connectivity index (χ2v) is 7.32. The third-order valence-electron chi connectivity index (χ3n) is 4.42. The summed E-state index contributed by atoms with van der Waals surface area (Å²) in [5, 5.41) is 15.2. The molecule has 0 aliphatic carbocycles. The summed E-state index contributed by atoms with van der Waals surface area (Å²) in [7, 11) is 0. The lowest BCUT2D eigenvalue weighted by atomic mass is 10.1. The van der Waals surface area contributed by atoms with Crippen LogP contribution < -0.4 is 4.74 Å². The maximum Gasteiger partial charge on any atom is 0.359 e. The second-order valence-electron chi connectivity index (χ2n) is 6.48. The molecular formula is C22H21Cl2FN2O4. The maximum absolute atomic E-state index is 12.5. The zero-order valence-corrected chi connectivity index (χ0v) is 18.3. The molecule has 0 aliphatic heterocycles. The van der Waals surface area contributed by atoms with E-state index in [0.717, 1.165) is 0 Å². The molecule has 1 N–H and O–H groups in total. The number of carbonyl (C=O) groups is 1. The quantitative estimate of drug-likeness (QED) is 0.344. The molecular weight excluding hydrogens is 446 g/mol. The molecule has 0 saturated heterocycles. The minimum absolute atomic E-state index is 0.00589. The van der Waals surface area contributed by atoms with Crippen molar-refractivity contribution in [3.8, 4) is 22.7 Å². The molecule has 6 nitrogen and oxygen atoms in total. The molecule has 9 heteroatoms. The van der Waals surface area contributed by atoms with Crippen molar-refractivity contribution in [1.29, 1.82) is 0 Å². The number of nitrogens with zero attached hydrogens (tertiary/aromatic N) is 2. The first kappa shape index (κ1) is 23.1. The number of aliphatic hydroxyl groups is 1. The van der Waals surface area contributed by atoms with Gasteiger partial charge in [0.2, 0.25) is 0 Å². The molecule has 0 bridgehead atoms. The summed E-state index contributed by atoms with van der Waals surface area (Å²) >= 11 is 12.4. The van der Waals surface area contributed by atoms with E-state index in [0.29, 0.717) is 44.7 Å². The molecule has 31 heavy (non-hydrogen) atoms. The maximum atomic E-state index is 12.5. The van der Waals surface area contributed by atoms with Crippen molar-refractivity contribution < 1.29 is 23.8 Å². The van der Waals surface area contributed by atoms with E-state index in [4.69, 9.17) is 32.7 Å². The molecule has 0 spiro atoms. The number of carbonyl (C=O) groups excluding carboxylic acids is 1. The van der Waals surface area contributed by atoms with Gasteiger partial charge in [-0.25, -0.2) is 9.48 Å². The first-order valence-electron chi connectivity index (χ1n) is 9.64. The fourth-order valence-electron chi connectivity index (χ4n) is 3.04. The number of aliphatic hydroxyl groups excluding tert-OH is 1. The fraction of sp³-hybridized carbons (Fsp3) is 0.273. The highest BCUT2D eigenvalue weighted by atomic mass is 35.5. The topological polar surface area (TPSA) is 73.6 Å². The van der Waals surface area contributed by atoms with Gasteiger partial charge in [-0.2, -0.15) is 5.10 Å². The Hall–Kier alpha value is -2.61. The number of alkyl halides is 1. The van der Waals surface area contributed by atoms with Crippen LogP contribution in [0, 0.1) is 0 Å². The number of aromatic nitrogens is 2. The summed E-state index contributed by atoms with van der Waals surface area (Å²) in [5.74, 6) is -0.0771. The van der Waals surface area contributed by atoms with E-state index in [9.17, 15) is 14.3 Å². The van der Waals surface area contributed by atoms with Gasteiger partial charge in [0.1, 0.15) is 5.75 Å². The molecule has 0 aliphatic rings. The van der Waals surface area contributed by atoms with E-state index < -0.39 is 19.3 Å². The van der Waals surface area contributed by atoms with Crippen LogP contribution in [0.4, 0.5) is 4.39 Å². The standard InChI is InChI=1S/C22H21Cl2FN2O4/c1-2-30-22(29)20-17(13-28)21(14-4-7-16(8-5-14)31-11-3-10-25)27(26-20)19-9-6-15(23)12-18(19)24/h4-9,12,28H,2-3,10-11,13H2,1H3. The van der Waals surface area contributed by atoms with Crippen LogP contribution in [0.5, 0.6) is 5.75 Å². The van der Waals surface area contributed by atoms with Gasteiger partial charge in [0.25, 0.3) is 0 Å². The molecule has 2 aromatic carbocycles. The summed E-state index contributed by atoms with van der Waals surface area (Å²) in [6.45, 7) is 1.23. The van der Waals surface area contributed by atoms with E-state index in [2.05, 4.69) is 5.10 Å². The number of benzene rings is 2. The van der Waals surface area contributed by atoms with Gasteiger partial charge in [-0.15, -0.1) is 0 Å². The Bertz CT molecular complexity index is 1050. The molecule has 0 fully saturated rings. The molecule has 1 heterocycles. The lowest BCUT2D eigenvalue weighted by molar-refractivity contribution is 0.0515. The van der Waals surface area contributed by atoms with Gasteiger partial charge in [-0.1, -0.05) is 23.2 Å². The van der Waals surface area contributed by atoms with Gasteiger partial charge in [-0.05, 0) is 49.4 Å². The Kier molecular flexibility index (Phi) is 7.90. The Labute approximate surface area is 189 Å². The number of ether oxygens (including phenoxy) is 2. The van der Waals surface area contributed by atoms with Crippen LogP contribution in [-0.4, -0.2) is 40.7 Å². The monoisotopic (exact) mass is 466 g/mol. The normalized spacial score (nSPS) is 10.9. The molecule has 3 aromatic rings. The van der Waals surface area contributed by atoms with Crippen molar-refractivity contribution in [2.24, 2.45) is 0 Å². The van der Waals surface area contributed by atoms with Crippen LogP contribution in [-0.2, 0) is 11.3 Å². The highest BCUT2D eigenvalue weighted by molar-refractivity contribution is 6.35. The third kappa shape index (κ3) is 5.18. The predicted molar refractivity (Wildman–Crippen MR) is 117 cm³/mol. The van der Waals surface area contributed by atoms with Gasteiger partial charge < -0.3 is 14.6 Å². The van der Waals surface area contributed by atoms with Gasteiger partial charge >= 0.3 is 5.97 Å². The second kappa shape index (κ2) is 10.6. The zero-order chi connectivity index (χ0) is 22.4. The number of esters is 1. The molecule has 0 unspecified atom stereocenters. The number of hydrogen-bond donors (Lipinski definition) is 1. The summed E-state index contributed by atoms with van der Waals surface area (Å²) in [5.41, 5.74) is 1.92. The van der Waals surface area contributed by atoms with Crippen LogP contribution in [0.15, 0.2) is 42.5 Å². The number of hydrogen-bond acceptors (Lipinski definition) is 5. The molecule has 164 valence electrons. The minimum Gasteiger partial charge on any atom is -0.493 e. The first-order chi connectivity index (χ1) is 15.0. The van der Waals surface area contributed by atoms with E-state index in [1.165, 1.54) is 4.68 Å². The van der Waals surface area contributed by atoms with Crippen molar-refractivity contribution in [1.82, 2.24) is 9.78 Å². The van der Waals surface area contributed by atoms with Crippen LogP contribution in [0.2, 0.25) is 10.0 Å². The largest absolute Gasteiger partial charge is 0.493 e. The number of halogens is 3. The first-order valence-corrected chi connectivity index (χ1v) is 10.4.